The second-order valence-corrected chi connectivity index (χ2v) is 9.25. The first-order chi connectivity index (χ1) is 16.5. The Kier molecular flexibility index (Phi) is 8.14. The number of aliphatic carboxylic acids is 1. The van der Waals surface area contributed by atoms with E-state index in [-0.39, 0.29) is 5.15 Å². The van der Waals surface area contributed by atoms with E-state index in [9.17, 15) is 14.4 Å². The van der Waals surface area contributed by atoms with Crippen LogP contribution in [0.15, 0.2) is 54.6 Å². The van der Waals surface area contributed by atoms with Gasteiger partial charge in [-0.1, -0.05) is 54.1 Å². The van der Waals surface area contributed by atoms with Crippen LogP contribution in [0.4, 0.5) is 10.5 Å². The third-order valence-corrected chi connectivity index (χ3v) is 5.01. The van der Waals surface area contributed by atoms with Crippen molar-refractivity contribution >= 4 is 35.3 Å². The molecule has 3 aromatic rings. The van der Waals surface area contributed by atoms with E-state index in [1.54, 1.807) is 45.0 Å². The standard InChI is InChI=1S/C25H27ClN4O5/c1-25(2,3)35-24(34)28-18(13-15-7-5-4-6-8-15)23-29-21(22(26)30-23)16-9-11-17(12-10-16)27-19(31)14-20(32)33/h4-12,18H,13-14H2,1-3H3,(H,27,31)(H,28,34)(H,29,30)(H,32,33)/t18-/m0/s1. The van der Waals surface area contributed by atoms with Crippen LogP contribution < -0.4 is 10.6 Å². The number of carboxylic acid groups (broad SMARTS) is 1. The van der Waals surface area contributed by atoms with Crippen molar-refractivity contribution in [2.24, 2.45) is 0 Å². The Bertz CT molecular complexity index is 1190. The van der Waals surface area contributed by atoms with E-state index >= 15 is 0 Å². The number of amides is 2. The lowest BCUT2D eigenvalue weighted by Gasteiger charge is -2.23. The number of aromatic amines is 1. The highest BCUT2D eigenvalue weighted by molar-refractivity contribution is 6.31. The van der Waals surface area contributed by atoms with Gasteiger partial charge in [0.05, 0.1) is 6.04 Å². The molecule has 0 fully saturated rings. The maximum atomic E-state index is 12.5. The van der Waals surface area contributed by atoms with Crippen molar-refractivity contribution in [1.82, 2.24) is 15.3 Å². The van der Waals surface area contributed by atoms with Crippen LogP contribution in [0.3, 0.4) is 0 Å². The molecule has 1 heterocycles. The second-order valence-electron chi connectivity index (χ2n) is 8.87. The molecule has 0 bridgehead atoms. The molecule has 35 heavy (non-hydrogen) atoms. The van der Waals surface area contributed by atoms with Crippen LogP contribution in [0.5, 0.6) is 0 Å². The topological polar surface area (TPSA) is 133 Å². The zero-order valence-electron chi connectivity index (χ0n) is 19.6. The molecule has 0 aliphatic carbocycles. The normalized spacial score (nSPS) is 12.0. The van der Waals surface area contributed by atoms with Crippen LogP contribution in [0.25, 0.3) is 11.3 Å². The molecular formula is C25H27ClN4O5. The van der Waals surface area contributed by atoms with Crippen molar-refractivity contribution in [2.45, 2.75) is 45.3 Å². The smallest absolute Gasteiger partial charge is 0.408 e. The highest BCUT2D eigenvalue weighted by atomic mass is 35.5. The molecule has 184 valence electrons. The third-order valence-electron chi connectivity index (χ3n) is 4.74. The number of carbonyl (C=O) groups is 3. The number of carbonyl (C=O) groups excluding carboxylic acids is 2. The summed E-state index contributed by atoms with van der Waals surface area (Å²) in [6.45, 7) is 5.36. The number of H-pyrrole nitrogens is 1. The molecule has 0 aliphatic heterocycles. The molecule has 3 rings (SSSR count). The van der Waals surface area contributed by atoms with Gasteiger partial charge >= 0.3 is 12.1 Å². The molecule has 0 radical (unpaired) electrons. The van der Waals surface area contributed by atoms with Gasteiger partial charge in [-0.15, -0.1) is 0 Å². The van der Waals surface area contributed by atoms with Gasteiger partial charge in [-0.3, -0.25) is 9.59 Å². The first-order valence-electron chi connectivity index (χ1n) is 10.9. The lowest BCUT2D eigenvalue weighted by molar-refractivity contribution is -0.139. The molecule has 0 saturated carbocycles. The summed E-state index contributed by atoms with van der Waals surface area (Å²) in [5.74, 6) is -1.37. The summed E-state index contributed by atoms with van der Waals surface area (Å²) in [5, 5.41) is 14.4. The van der Waals surface area contributed by atoms with Crippen LogP contribution in [0.1, 0.15) is 44.6 Å². The highest BCUT2D eigenvalue weighted by Gasteiger charge is 2.24. The zero-order chi connectivity index (χ0) is 25.6. The summed E-state index contributed by atoms with van der Waals surface area (Å²) in [7, 11) is 0. The summed E-state index contributed by atoms with van der Waals surface area (Å²) in [6, 6.07) is 15.8. The Labute approximate surface area is 207 Å². The van der Waals surface area contributed by atoms with Crippen LogP contribution >= 0.6 is 11.6 Å². The summed E-state index contributed by atoms with van der Waals surface area (Å²) in [5.41, 5.74) is 1.91. The van der Waals surface area contributed by atoms with Crippen molar-refractivity contribution in [3.63, 3.8) is 0 Å². The number of ether oxygens (including phenoxy) is 1. The fraction of sp³-hybridized carbons (Fsp3) is 0.280. The van der Waals surface area contributed by atoms with Gasteiger partial charge in [-0.25, -0.2) is 9.78 Å². The predicted molar refractivity (Wildman–Crippen MR) is 132 cm³/mol. The predicted octanol–water partition coefficient (Wildman–Crippen LogP) is 4.95. The summed E-state index contributed by atoms with van der Waals surface area (Å²) in [6.07, 6.45) is -0.740. The molecule has 0 spiro atoms. The number of nitrogens with zero attached hydrogens (tertiary/aromatic N) is 1. The maximum absolute atomic E-state index is 12.5. The number of carboxylic acids is 1. The third kappa shape index (κ3) is 7.86. The number of imidazole rings is 1. The Morgan fingerprint density at radius 2 is 1.74 bits per heavy atom. The first-order valence-corrected chi connectivity index (χ1v) is 11.3. The largest absolute Gasteiger partial charge is 0.481 e. The Hall–Kier alpha value is -3.85. The van der Waals surface area contributed by atoms with E-state index in [1.165, 1.54) is 0 Å². The van der Waals surface area contributed by atoms with E-state index < -0.39 is 36.0 Å². The van der Waals surface area contributed by atoms with Crippen molar-refractivity contribution in [3.8, 4) is 11.3 Å². The van der Waals surface area contributed by atoms with E-state index in [4.69, 9.17) is 21.4 Å². The van der Waals surface area contributed by atoms with Crippen LogP contribution in [0.2, 0.25) is 5.15 Å². The van der Waals surface area contributed by atoms with Gasteiger partial charge < -0.3 is 25.5 Å². The number of nitrogens with one attached hydrogen (secondary N) is 3. The monoisotopic (exact) mass is 498 g/mol. The molecule has 0 unspecified atom stereocenters. The summed E-state index contributed by atoms with van der Waals surface area (Å²) >= 11 is 6.45. The fourth-order valence-electron chi connectivity index (χ4n) is 3.30. The minimum absolute atomic E-state index is 0.284. The minimum Gasteiger partial charge on any atom is -0.481 e. The average molecular weight is 499 g/mol. The molecule has 1 aromatic heterocycles. The van der Waals surface area contributed by atoms with Crippen molar-refractivity contribution in [1.29, 1.82) is 0 Å². The lowest BCUT2D eigenvalue weighted by atomic mass is 10.1. The molecule has 0 aliphatic rings. The van der Waals surface area contributed by atoms with E-state index in [1.807, 2.05) is 30.3 Å². The average Bonchev–Trinajstić information content (AvgIpc) is 3.14. The number of aromatic nitrogens is 2. The van der Waals surface area contributed by atoms with Crippen LogP contribution in [-0.2, 0) is 20.7 Å². The van der Waals surface area contributed by atoms with Crippen LogP contribution in [0, 0.1) is 0 Å². The van der Waals surface area contributed by atoms with Gasteiger partial charge in [0.2, 0.25) is 5.91 Å². The molecule has 2 amide bonds. The summed E-state index contributed by atoms with van der Waals surface area (Å²) in [4.78, 5) is 42.5. The zero-order valence-corrected chi connectivity index (χ0v) is 20.3. The quantitative estimate of drug-likeness (QED) is 0.325. The van der Waals surface area contributed by atoms with Gasteiger partial charge in [0.15, 0.2) is 0 Å². The molecule has 0 saturated heterocycles. The number of halogens is 1. The van der Waals surface area contributed by atoms with E-state index in [0.29, 0.717) is 29.2 Å². The molecule has 4 N–H and O–H groups in total. The molecule has 10 heteroatoms. The van der Waals surface area contributed by atoms with Crippen molar-refractivity contribution in [3.05, 3.63) is 71.1 Å². The van der Waals surface area contributed by atoms with E-state index in [2.05, 4.69) is 20.6 Å². The molecule has 2 aromatic carbocycles. The fourth-order valence-corrected chi connectivity index (χ4v) is 3.54. The lowest BCUT2D eigenvalue weighted by Crippen LogP contribution is -2.36. The second kappa shape index (κ2) is 11.1. The Morgan fingerprint density at radius 3 is 2.34 bits per heavy atom. The minimum atomic E-state index is -1.21. The SMILES string of the molecule is CC(C)(C)OC(=O)N[C@@H](Cc1ccccc1)c1nc(-c2ccc(NC(=O)CC(=O)O)cc2)c(Cl)[nH]1. The molecule has 1 atom stereocenters. The Balaban J connectivity index is 1.82. The number of rotatable bonds is 8. The molecule has 9 nitrogen and oxygen atoms in total. The summed E-state index contributed by atoms with van der Waals surface area (Å²) < 4.78 is 5.42. The molecular weight excluding hydrogens is 472 g/mol. The number of hydrogen-bond donors (Lipinski definition) is 4. The maximum Gasteiger partial charge on any atom is 0.408 e. The van der Waals surface area contributed by atoms with Gasteiger partial charge in [-0.2, -0.15) is 0 Å². The number of alkyl carbamates (subject to hydrolysis) is 1. The van der Waals surface area contributed by atoms with Crippen molar-refractivity contribution in [2.75, 3.05) is 5.32 Å². The van der Waals surface area contributed by atoms with Crippen molar-refractivity contribution < 1.29 is 24.2 Å². The number of benzene rings is 2. The van der Waals surface area contributed by atoms with Gasteiger partial charge in [-0.05, 0) is 38.5 Å². The Morgan fingerprint density at radius 1 is 1.09 bits per heavy atom. The van der Waals surface area contributed by atoms with Gasteiger partial charge in [0.25, 0.3) is 0 Å². The van der Waals surface area contributed by atoms with E-state index in [0.717, 1.165) is 5.56 Å². The number of anilines is 1. The van der Waals surface area contributed by atoms with Gasteiger partial charge in [0.1, 0.15) is 28.7 Å². The van der Waals surface area contributed by atoms with Crippen LogP contribution in [-0.4, -0.2) is 38.6 Å². The first kappa shape index (κ1) is 25.8. The van der Waals surface area contributed by atoms with Gasteiger partial charge in [0, 0.05) is 17.7 Å². The number of hydrogen-bond acceptors (Lipinski definition) is 5. The highest BCUT2D eigenvalue weighted by Crippen LogP contribution is 2.29.